The highest BCUT2D eigenvalue weighted by molar-refractivity contribution is 8.01. The fraction of sp³-hybridized carbons (Fsp3) is 0.344. The van der Waals surface area contributed by atoms with E-state index < -0.39 is 5.25 Å². The van der Waals surface area contributed by atoms with Crippen LogP contribution in [0, 0.1) is 5.41 Å². The molecule has 1 aliphatic rings. The molecule has 7 nitrogen and oxygen atoms in total. The fourth-order valence-corrected chi connectivity index (χ4v) is 7.61. The summed E-state index contributed by atoms with van der Waals surface area (Å²) in [4.78, 5) is 31.4. The molecule has 0 aromatic heterocycles. The Kier molecular flexibility index (Phi) is 10.4. The molecule has 2 N–H and O–H groups in total. The predicted molar refractivity (Wildman–Crippen MR) is 185 cm³/mol. The van der Waals surface area contributed by atoms with Gasteiger partial charge in [-0.1, -0.05) is 87.1 Å². The molecule has 1 saturated heterocycles. The van der Waals surface area contributed by atoms with E-state index in [-0.39, 0.29) is 44.2 Å². The molecule has 0 saturated carbocycles. The van der Waals surface area contributed by atoms with Crippen molar-refractivity contribution >= 4 is 92.9 Å². The van der Waals surface area contributed by atoms with E-state index in [0.717, 1.165) is 16.9 Å². The van der Waals surface area contributed by atoms with Crippen LogP contribution < -0.4 is 20.5 Å². The van der Waals surface area contributed by atoms with Crippen LogP contribution in [0.1, 0.15) is 53.5 Å². The number of hydrogen-bond acceptors (Lipinski definition) is 5. The monoisotopic (exact) mass is 694 g/mol. The average molecular weight is 697 g/mol. The van der Waals surface area contributed by atoms with Crippen molar-refractivity contribution in [2.45, 2.75) is 63.5 Å². The summed E-state index contributed by atoms with van der Waals surface area (Å²) in [5.74, 6) is 0.290. The maximum absolute atomic E-state index is 14.1. The number of aliphatic imine (C=N–C) groups is 1. The van der Waals surface area contributed by atoms with Gasteiger partial charge in [0.25, 0.3) is 5.91 Å². The fourth-order valence-electron chi connectivity index (χ4n) is 5.32. The van der Waals surface area contributed by atoms with E-state index in [1.165, 1.54) is 35.8 Å². The first-order valence-corrected chi connectivity index (χ1v) is 16.1. The summed E-state index contributed by atoms with van der Waals surface area (Å²) in [6, 6.07) is 14.0. The molecule has 0 bridgehead atoms. The Balaban J connectivity index is 1.83. The molecule has 1 heterocycles. The Labute approximate surface area is 282 Å². The molecular weight excluding hydrogens is 662 g/mol. The third kappa shape index (κ3) is 7.96. The maximum Gasteiger partial charge on any atom is 0.267 e. The molecular formula is C32H34Cl4N4O3S. The van der Waals surface area contributed by atoms with E-state index in [0.29, 0.717) is 27.2 Å². The quantitative estimate of drug-likeness (QED) is 0.245. The Morgan fingerprint density at radius 2 is 1.66 bits per heavy atom. The molecule has 0 radical (unpaired) electrons. The van der Waals surface area contributed by atoms with Crippen molar-refractivity contribution in [1.29, 1.82) is 0 Å². The van der Waals surface area contributed by atoms with E-state index in [2.05, 4.69) is 57.5 Å². The molecule has 1 atom stereocenters. The number of ether oxygens (including phenoxy) is 1. The zero-order valence-corrected chi connectivity index (χ0v) is 29.3. The minimum Gasteiger partial charge on any atom is -0.496 e. The first-order valence-electron chi connectivity index (χ1n) is 13.7. The number of thioether (sulfide) groups is 1. The van der Waals surface area contributed by atoms with Crippen molar-refractivity contribution < 1.29 is 14.3 Å². The zero-order valence-electron chi connectivity index (χ0n) is 25.4. The van der Waals surface area contributed by atoms with Gasteiger partial charge in [0.2, 0.25) is 5.91 Å². The first kappa shape index (κ1) is 34.3. The van der Waals surface area contributed by atoms with Crippen LogP contribution in [0.15, 0.2) is 58.4 Å². The topological polar surface area (TPSA) is 83.0 Å². The minimum absolute atomic E-state index is 0.102. The highest BCUT2D eigenvalue weighted by Crippen LogP contribution is 2.44. The normalized spacial score (nSPS) is 16.3. The Morgan fingerprint density at radius 3 is 2.25 bits per heavy atom. The highest BCUT2D eigenvalue weighted by atomic mass is 35.5. The van der Waals surface area contributed by atoms with Crippen LogP contribution in [0.3, 0.4) is 0 Å². The number of amides is 2. The summed E-state index contributed by atoms with van der Waals surface area (Å²) in [6.07, 6.45) is 0.942. The third-order valence-electron chi connectivity index (χ3n) is 6.79. The SMILES string of the molecule is COc1ccc(C(C)(C)CC(C)(C)C)cc1SC1C(=O)N(c2c(Cl)cc(Cl)cc2Cl)NC1=Nc1cc(NC(C)=O)ccc1Cl. The van der Waals surface area contributed by atoms with E-state index in [4.69, 9.17) is 56.1 Å². The van der Waals surface area contributed by atoms with Gasteiger partial charge in [-0.2, -0.15) is 0 Å². The second-order valence-corrected chi connectivity index (χ2v) is 15.1. The van der Waals surface area contributed by atoms with Gasteiger partial charge in [0.05, 0.1) is 32.8 Å². The van der Waals surface area contributed by atoms with Gasteiger partial charge in [-0.3, -0.25) is 15.0 Å². The van der Waals surface area contributed by atoms with Crippen molar-refractivity contribution in [1.82, 2.24) is 5.43 Å². The molecule has 0 aliphatic carbocycles. The van der Waals surface area contributed by atoms with Gasteiger partial charge in [-0.05, 0) is 65.3 Å². The summed E-state index contributed by atoms with van der Waals surface area (Å²) in [7, 11) is 1.59. The second kappa shape index (κ2) is 13.4. The van der Waals surface area contributed by atoms with Crippen molar-refractivity contribution in [3.8, 4) is 5.75 Å². The van der Waals surface area contributed by atoms with Crippen LogP contribution in [0.25, 0.3) is 0 Å². The summed E-state index contributed by atoms with van der Waals surface area (Å²) in [5.41, 5.74) is 5.25. The number of nitrogens with zero attached hydrogens (tertiary/aromatic N) is 2. The van der Waals surface area contributed by atoms with Crippen molar-refractivity contribution in [2.75, 3.05) is 17.4 Å². The molecule has 4 rings (SSSR count). The predicted octanol–water partition coefficient (Wildman–Crippen LogP) is 9.72. The average Bonchev–Trinajstić information content (AvgIpc) is 3.18. The van der Waals surface area contributed by atoms with Crippen molar-refractivity contribution in [2.24, 2.45) is 10.4 Å². The summed E-state index contributed by atoms with van der Waals surface area (Å²) >= 11 is 27.0. The lowest BCUT2D eigenvalue weighted by Crippen LogP contribution is -2.36. The smallest absolute Gasteiger partial charge is 0.267 e. The first-order chi connectivity index (χ1) is 20.5. The van der Waals surface area contributed by atoms with E-state index in [9.17, 15) is 9.59 Å². The number of anilines is 2. The minimum atomic E-state index is -0.867. The summed E-state index contributed by atoms with van der Waals surface area (Å²) in [5, 5.41) is 4.15. The Bertz CT molecular complexity index is 1620. The van der Waals surface area contributed by atoms with Gasteiger partial charge in [0.15, 0.2) is 0 Å². The van der Waals surface area contributed by atoms with E-state index in [1.54, 1.807) is 25.3 Å². The van der Waals surface area contributed by atoms with Gasteiger partial charge in [-0.25, -0.2) is 10.0 Å². The molecule has 0 spiro atoms. The number of benzene rings is 3. The molecule has 234 valence electrons. The van der Waals surface area contributed by atoms with E-state index >= 15 is 0 Å². The van der Waals surface area contributed by atoms with Crippen LogP contribution in [-0.2, 0) is 15.0 Å². The van der Waals surface area contributed by atoms with Gasteiger partial charge in [0, 0.05) is 17.6 Å². The molecule has 1 unspecified atom stereocenters. The van der Waals surface area contributed by atoms with Gasteiger partial charge >= 0.3 is 0 Å². The Hall–Kier alpha value is -2.62. The molecule has 12 heteroatoms. The van der Waals surface area contributed by atoms with Gasteiger partial charge in [0.1, 0.15) is 22.5 Å². The number of hydrogen-bond donors (Lipinski definition) is 2. The van der Waals surface area contributed by atoms with Crippen molar-refractivity contribution in [3.05, 3.63) is 74.2 Å². The lowest BCUT2D eigenvalue weighted by molar-refractivity contribution is -0.116. The van der Waals surface area contributed by atoms with Gasteiger partial charge in [-0.15, -0.1) is 11.8 Å². The number of methoxy groups -OCH3 is 1. The van der Waals surface area contributed by atoms with Crippen molar-refractivity contribution in [3.63, 3.8) is 0 Å². The third-order valence-corrected chi connectivity index (χ3v) is 9.14. The van der Waals surface area contributed by atoms with Crippen LogP contribution in [0.2, 0.25) is 20.1 Å². The van der Waals surface area contributed by atoms with Crippen LogP contribution in [0.4, 0.5) is 17.1 Å². The second-order valence-electron chi connectivity index (χ2n) is 12.3. The van der Waals surface area contributed by atoms with E-state index in [1.807, 2.05) is 6.07 Å². The van der Waals surface area contributed by atoms with Gasteiger partial charge < -0.3 is 10.1 Å². The number of amidine groups is 1. The molecule has 1 aliphatic heterocycles. The standard InChI is InChI=1S/C32H34Cl4N4O3S/c1-17(41)37-20-9-10-21(34)24(15-20)38-29-28(30(42)40(39-29)27-22(35)13-19(33)14-23(27)36)44-26-12-18(8-11-25(26)43-7)32(5,6)16-31(2,3)4/h8-15,28H,16H2,1-7H3,(H,37,41)(H,38,39). The Morgan fingerprint density at radius 1 is 1.00 bits per heavy atom. The molecule has 1 fully saturated rings. The largest absolute Gasteiger partial charge is 0.496 e. The lowest BCUT2D eigenvalue weighted by atomic mass is 9.72. The number of nitrogens with one attached hydrogen (secondary N) is 2. The molecule has 3 aromatic rings. The number of rotatable bonds is 8. The molecule has 44 heavy (non-hydrogen) atoms. The number of carbonyl (C=O) groups excluding carboxylic acids is 2. The van der Waals surface area contributed by atoms with Crippen LogP contribution in [-0.4, -0.2) is 30.0 Å². The van der Waals surface area contributed by atoms with Crippen LogP contribution >= 0.6 is 58.2 Å². The number of halogens is 4. The number of carbonyl (C=O) groups is 2. The summed E-state index contributed by atoms with van der Waals surface area (Å²) in [6.45, 7) is 12.5. The molecule has 2 amide bonds. The zero-order chi connectivity index (χ0) is 32.6. The summed E-state index contributed by atoms with van der Waals surface area (Å²) < 4.78 is 5.72. The number of hydrazine groups is 1. The highest BCUT2D eigenvalue weighted by Gasteiger charge is 2.42. The molecule has 3 aromatic carbocycles. The van der Waals surface area contributed by atoms with Crippen LogP contribution in [0.5, 0.6) is 5.75 Å². The maximum atomic E-state index is 14.1. The lowest BCUT2D eigenvalue weighted by Gasteiger charge is -2.33.